The Hall–Kier alpha value is -0.610. The fourth-order valence-corrected chi connectivity index (χ4v) is 1.47. The van der Waals surface area contributed by atoms with Crippen LogP contribution in [0.15, 0.2) is 0 Å². The third-order valence-corrected chi connectivity index (χ3v) is 2.16. The van der Waals surface area contributed by atoms with Crippen LogP contribution in [-0.2, 0) is 9.53 Å². The molecule has 1 saturated carbocycles. The van der Waals surface area contributed by atoms with Crippen molar-refractivity contribution >= 4 is 5.97 Å². The van der Waals surface area contributed by atoms with E-state index in [9.17, 15) is 4.79 Å². The molecule has 0 heterocycles. The molecule has 0 unspecified atom stereocenters. The Bertz CT molecular complexity index is 163. The zero-order chi connectivity index (χ0) is 8.48. The Morgan fingerprint density at radius 3 is 2.73 bits per heavy atom. The molecule has 0 radical (unpaired) electrons. The molecule has 0 aliphatic heterocycles. The van der Waals surface area contributed by atoms with Crippen LogP contribution in [0.3, 0.4) is 0 Å². The Morgan fingerprint density at radius 2 is 2.36 bits per heavy atom. The highest BCUT2D eigenvalue weighted by Gasteiger charge is 2.47. The van der Waals surface area contributed by atoms with Crippen LogP contribution >= 0.6 is 0 Å². The van der Waals surface area contributed by atoms with Crippen LogP contribution in [0.5, 0.6) is 0 Å². The minimum absolute atomic E-state index is 0.107. The van der Waals surface area contributed by atoms with Crippen molar-refractivity contribution in [1.29, 1.82) is 0 Å². The van der Waals surface area contributed by atoms with Crippen molar-refractivity contribution in [2.45, 2.75) is 18.4 Å². The van der Waals surface area contributed by atoms with Crippen molar-refractivity contribution in [3.05, 3.63) is 0 Å². The summed E-state index contributed by atoms with van der Waals surface area (Å²) in [7, 11) is 1.32. The van der Waals surface area contributed by atoms with Crippen LogP contribution in [0.4, 0.5) is 0 Å². The van der Waals surface area contributed by atoms with Gasteiger partial charge in [-0.2, -0.15) is 0 Å². The standard InChI is InChI=1S/C7H13NO3/c1-11-6(10)7(8)2-5(3-7)4-9/h5,9H,2-4,8H2,1H3. The van der Waals surface area contributed by atoms with Crippen LogP contribution in [0.2, 0.25) is 0 Å². The van der Waals surface area contributed by atoms with Gasteiger partial charge in [-0.3, -0.25) is 4.79 Å². The van der Waals surface area contributed by atoms with Crippen LogP contribution in [-0.4, -0.2) is 30.3 Å². The van der Waals surface area contributed by atoms with Gasteiger partial charge in [0.1, 0.15) is 5.54 Å². The SMILES string of the molecule is COC(=O)C1(N)CC(CO)C1. The number of carbonyl (C=O) groups excluding carboxylic acids is 1. The van der Waals surface area contributed by atoms with Crippen LogP contribution in [0, 0.1) is 5.92 Å². The molecule has 4 heteroatoms. The topological polar surface area (TPSA) is 72.5 Å². The summed E-state index contributed by atoms with van der Waals surface area (Å²) in [5.74, 6) is -0.193. The summed E-state index contributed by atoms with van der Waals surface area (Å²) in [5.41, 5.74) is 4.82. The summed E-state index contributed by atoms with van der Waals surface area (Å²) in [6.07, 6.45) is 1.08. The summed E-state index contributed by atoms with van der Waals surface area (Å²) in [4.78, 5) is 10.9. The normalized spacial score (nSPS) is 36.1. The first-order valence-electron chi connectivity index (χ1n) is 3.60. The molecule has 0 bridgehead atoms. The lowest BCUT2D eigenvalue weighted by molar-refractivity contribution is -0.153. The Kier molecular flexibility index (Phi) is 2.15. The van der Waals surface area contributed by atoms with Gasteiger partial charge in [-0.1, -0.05) is 0 Å². The van der Waals surface area contributed by atoms with Gasteiger partial charge in [0.2, 0.25) is 0 Å². The third kappa shape index (κ3) is 1.36. The summed E-state index contributed by atoms with van der Waals surface area (Å²) in [6, 6.07) is 0. The highest BCUT2D eigenvalue weighted by atomic mass is 16.5. The maximum atomic E-state index is 10.9. The Morgan fingerprint density at radius 1 is 1.82 bits per heavy atom. The molecule has 0 aromatic heterocycles. The summed E-state index contributed by atoms with van der Waals surface area (Å²) >= 11 is 0. The average Bonchev–Trinajstić information content (AvgIpc) is 1.96. The zero-order valence-electron chi connectivity index (χ0n) is 6.54. The summed E-state index contributed by atoms with van der Waals surface area (Å²) in [6.45, 7) is 0.107. The number of aliphatic hydroxyl groups is 1. The number of hydrogen-bond donors (Lipinski definition) is 2. The predicted molar refractivity (Wildman–Crippen MR) is 38.7 cm³/mol. The molecule has 0 atom stereocenters. The van der Waals surface area contributed by atoms with E-state index < -0.39 is 5.54 Å². The van der Waals surface area contributed by atoms with Gasteiger partial charge >= 0.3 is 5.97 Å². The lowest BCUT2D eigenvalue weighted by Crippen LogP contribution is -2.59. The first-order chi connectivity index (χ1) is 5.12. The van der Waals surface area contributed by atoms with Gasteiger partial charge in [0.05, 0.1) is 7.11 Å². The first kappa shape index (κ1) is 8.49. The minimum Gasteiger partial charge on any atom is -0.468 e. The Balaban J connectivity index is 2.42. The van der Waals surface area contributed by atoms with E-state index in [2.05, 4.69) is 4.74 Å². The van der Waals surface area contributed by atoms with Gasteiger partial charge < -0.3 is 15.6 Å². The lowest BCUT2D eigenvalue weighted by Gasteiger charge is -2.41. The van der Waals surface area contributed by atoms with Crippen LogP contribution < -0.4 is 5.73 Å². The molecule has 4 nitrogen and oxygen atoms in total. The van der Waals surface area contributed by atoms with Crippen molar-refractivity contribution in [2.24, 2.45) is 11.7 Å². The van der Waals surface area contributed by atoms with Crippen LogP contribution in [0.25, 0.3) is 0 Å². The second-order valence-corrected chi connectivity index (χ2v) is 3.10. The lowest BCUT2D eigenvalue weighted by atomic mass is 9.69. The smallest absolute Gasteiger partial charge is 0.325 e. The highest BCUT2D eigenvalue weighted by Crippen LogP contribution is 2.35. The number of methoxy groups -OCH3 is 1. The van der Waals surface area contributed by atoms with Gasteiger partial charge in [0.25, 0.3) is 0 Å². The van der Waals surface area contributed by atoms with Crippen molar-refractivity contribution in [3.8, 4) is 0 Å². The van der Waals surface area contributed by atoms with Crippen molar-refractivity contribution in [2.75, 3.05) is 13.7 Å². The molecular weight excluding hydrogens is 146 g/mol. The third-order valence-electron chi connectivity index (χ3n) is 2.16. The van der Waals surface area contributed by atoms with E-state index in [1.54, 1.807) is 0 Å². The number of rotatable bonds is 2. The van der Waals surface area contributed by atoms with E-state index in [1.165, 1.54) is 7.11 Å². The largest absolute Gasteiger partial charge is 0.468 e. The van der Waals surface area contributed by atoms with Gasteiger partial charge in [-0.25, -0.2) is 0 Å². The van der Waals surface area contributed by atoms with Gasteiger partial charge in [0.15, 0.2) is 0 Å². The van der Waals surface area contributed by atoms with E-state index >= 15 is 0 Å². The zero-order valence-corrected chi connectivity index (χ0v) is 6.54. The molecule has 64 valence electrons. The molecule has 0 amide bonds. The van der Waals surface area contributed by atoms with E-state index in [4.69, 9.17) is 10.8 Å². The fourth-order valence-electron chi connectivity index (χ4n) is 1.47. The van der Waals surface area contributed by atoms with Gasteiger partial charge in [-0.15, -0.1) is 0 Å². The highest BCUT2D eigenvalue weighted by molar-refractivity contribution is 5.81. The first-order valence-corrected chi connectivity index (χ1v) is 3.60. The fraction of sp³-hybridized carbons (Fsp3) is 0.857. The number of aliphatic hydroxyl groups excluding tert-OH is 1. The molecule has 1 aliphatic carbocycles. The second kappa shape index (κ2) is 2.79. The van der Waals surface area contributed by atoms with Gasteiger partial charge in [0, 0.05) is 6.61 Å². The molecule has 1 aliphatic rings. The monoisotopic (exact) mass is 159 g/mol. The molecule has 3 N–H and O–H groups in total. The van der Waals surface area contributed by atoms with E-state index in [0.717, 1.165) is 0 Å². The Labute approximate surface area is 65.3 Å². The number of nitrogens with two attached hydrogens (primary N) is 1. The number of esters is 1. The minimum atomic E-state index is -0.817. The summed E-state index contributed by atoms with van der Waals surface area (Å²) < 4.78 is 4.50. The van der Waals surface area contributed by atoms with E-state index in [1.807, 2.05) is 0 Å². The summed E-state index contributed by atoms with van der Waals surface area (Å²) in [5, 5.41) is 8.67. The molecule has 0 aromatic carbocycles. The number of hydrogen-bond acceptors (Lipinski definition) is 4. The number of ether oxygens (including phenoxy) is 1. The molecule has 0 aromatic rings. The molecule has 1 rings (SSSR count). The van der Waals surface area contributed by atoms with Crippen molar-refractivity contribution in [3.63, 3.8) is 0 Å². The second-order valence-electron chi connectivity index (χ2n) is 3.10. The predicted octanol–water partition coefficient (Wildman–Crippen LogP) is -0.741. The molecule has 1 fully saturated rings. The van der Waals surface area contributed by atoms with Crippen LogP contribution in [0.1, 0.15) is 12.8 Å². The molecule has 11 heavy (non-hydrogen) atoms. The molecular formula is C7H13NO3. The van der Waals surface area contributed by atoms with E-state index in [-0.39, 0.29) is 18.5 Å². The van der Waals surface area contributed by atoms with Crippen molar-refractivity contribution in [1.82, 2.24) is 0 Å². The van der Waals surface area contributed by atoms with Crippen molar-refractivity contribution < 1.29 is 14.6 Å². The molecule has 0 saturated heterocycles. The molecule has 0 spiro atoms. The maximum absolute atomic E-state index is 10.9. The number of carbonyl (C=O) groups is 1. The van der Waals surface area contributed by atoms with Gasteiger partial charge in [-0.05, 0) is 18.8 Å². The maximum Gasteiger partial charge on any atom is 0.325 e. The average molecular weight is 159 g/mol. The van der Waals surface area contributed by atoms with E-state index in [0.29, 0.717) is 12.8 Å². The quantitative estimate of drug-likeness (QED) is 0.520.